The Morgan fingerprint density at radius 3 is 2.65 bits per heavy atom. The summed E-state index contributed by atoms with van der Waals surface area (Å²) in [7, 11) is 0. The van der Waals surface area contributed by atoms with Crippen LogP contribution in [-0.4, -0.2) is 19.0 Å². The average Bonchev–Trinajstić information content (AvgIpc) is 2.46. The number of nitrogens with one attached hydrogen (secondary N) is 2. The predicted molar refractivity (Wildman–Crippen MR) is 84.3 cm³/mol. The number of aryl methyl sites for hydroxylation is 1. The van der Waals surface area contributed by atoms with Crippen molar-refractivity contribution in [1.82, 2.24) is 5.32 Å². The molecule has 3 heteroatoms. The first kappa shape index (κ1) is 14.9. The van der Waals surface area contributed by atoms with Crippen LogP contribution in [0.4, 0.5) is 5.69 Å². The maximum Gasteiger partial charge on any atom is 0.251 e. The first-order valence-corrected chi connectivity index (χ1v) is 7.83. The minimum atomic E-state index is 0.0659. The van der Waals surface area contributed by atoms with Gasteiger partial charge in [-0.1, -0.05) is 19.3 Å². The molecule has 0 aliphatic heterocycles. The number of carbonyl (C=O) groups excluding carboxylic acids is 1. The van der Waals surface area contributed by atoms with Crippen molar-refractivity contribution < 1.29 is 4.79 Å². The van der Waals surface area contributed by atoms with Crippen molar-refractivity contribution >= 4 is 11.6 Å². The molecule has 1 aliphatic rings. The average molecular weight is 274 g/mol. The number of amides is 1. The predicted octanol–water partition coefficient (Wildman–Crippen LogP) is 3.74. The largest absolute Gasteiger partial charge is 0.385 e. The van der Waals surface area contributed by atoms with Gasteiger partial charge in [0.15, 0.2) is 0 Å². The molecule has 0 bridgehead atoms. The Hall–Kier alpha value is -1.51. The molecular weight excluding hydrogens is 248 g/mol. The van der Waals surface area contributed by atoms with Gasteiger partial charge in [0, 0.05) is 24.3 Å². The monoisotopic (exact) mass is 274 g/mol. The molecular formula is C17H26N2O. The van der Waals surface area contributed by atoms with Crippen molar-refractivity contribution in [3.63, 3.8) is 0 Å². The van der Waals surface area contributed by atoms with Crippen molar-refractivity contribution in [3.05, 3.63) is 29.3 Å². The number of rotatable bonds is 5. The van der Waals surface area contributed by atoms with Crippen LogP contribution in [0.25, 0.3) is 0 Å². The van der Waals surface area contributed by atoms with Gasteiger partial charge in [-0.3, -0.25) is 4.79 Å². The van der Waals surface area contributed by atoms with E-state index in [2.05, 4.69) is 17.6 Å². The molecule has 1 aromatic rings. The summed E-state index contributed by atoms with van der Waals surface area (Å²) >= 11 is 0. The highest BCUT2D eigenvalue weighted by Crippen LogP contribution is 2.23. The lowest BCUT2D eigenvalue weighted by Gasteiger charge is -2.22. The zero-order chi connectivity index (χ0) is 14.4. The van der Waals surface area contributed by atoms with Crippen molar-refractivity contribution in [1.29, 1.82) is 0 Å². The third-order valence-electron chi connectivity index (χ3n) is 4.13. The van der Waals surface area contributed by atoms with Crippen LogP contribution in [0.2, 0.25) is 0 Å². The van der Waals surface area contributed by atoms with Crippen molar-refractivity contribution in [2.45, 2.75) is 46.0 Å². The summed E-state index contributed by atoms with van der Waals surface area (Å²) in [5, 5.41) is 6.37. The van der Waals surface area contributed by atoms with Crippen molar-refractivity contribution in [3.8, 4) is 0 Å². The summed E-state index contributed by atoms with van der Waals surface area (Å²) in [5.41, 5.74) is 2.90. The lowest BCUT2D eigenvalue weighted by atomic mass is 9.89. The minimum Gasteiger partial charge on any atom is -0.385 e. The van der Waals surface area contributed by atoms with Crippen molar-refractivity contribution in [2.24, 2.45) is 5.92 Å². The van der Waals surface area contributed by atoms with E-state index >= 15 is 0 Å². The quantitative estimate of drug-likeness (QED) is 0.859. The summed E-state index contributed by atoms with van der Waals surface area (Å²) in [6.07, 6.45) is 6.51. The smallest absolute Gasteiger partial charge is 0.251 e. The Bertz CT molecular complexity index is 450. The highest BCUT2D eigenvalue weighted by molar-refractivity contribution is 5.96. The molecule has 1 amide bonds. The maximum atomic E-state index is 12.2. The zero-order valence-electron chi connectivity index (χ0n) is 12.7. The maximum absolute atomic E-state index is 12.2. The molecule has 1 fully saturated rings. The number of carbonyl (C=O) groups is 1. The van der Waals surface area contributed by atoms with Crippen molar-refractivity contribution in [2.75, 3.05) is 18.4 Å². The van der Waals surface area contributed by atoms with Gasteiger partial charge >= 0.3 is 0 Å². The molecule has 2 N–H and O–H groups in total. The van der Waals surface area contributed by atoms with Gasteiger partial charge in [-0.2, -0.15) is 0 Å². The lowest BCUT2D eigenvalue weighted by Crippen LogP contribution is -2.30. The fraction of sp³-hybridized carbons (Fsp3) is 0.588. The molecule has 2 rings (SSSR count). The summed E-state index contributed by atoms with van der Waals surface area (Å²) in [6.45, 7) is 5.79. The van der Waals surface area contributed by atoms with E-state index in [1.54, 1.807) is 0 Å². The Balaban J connectivity index is 1.91. The summed E-state index contributed by atoms with van der Waals surface area (Å²) in [4.78, 5) is 12.2. The number of hydrogen-bond donors (Lipinski definition) is 2. The number of anilines is 1. The van der Waals surface area contributed by atoms with E-state index in [0.717, 1.165) is 29.9 Å². The van der Waals surface area contributed by atoms with E-state index in [9.17, 15) is 4.79 Å². The molecule has 0 heterocycles. The van der Waals surface area contributed by atoms with E-state index < -0.39 is 0 Å². The SMILES string of the molecule is CCNc1ccc(C(=O)NCC2CCCCC2)c(C)c1. The normalized spacial score (nSPS) is 15.9. The fourth-order valence-electron chi connectivity index (χ4n) is 2.96. The molecule has 1 saturated carbocycles. The van der Waals surface area contributed by atoms with Gasteiger partial charge < -0.3 is 10.6 Å². The van der Waals surface area contributed by atoms with Gasteiger partial charge in [0.05, 0.1) is 0 Å². The standard InChI is InChI=1S/C17H26N2O/c1-3-18-15-9-10-16(13(2)11-15)17(20)19-12-14-7-5-4-6-8-14/h9-11,14,18H,3-8,12H2,1-2H3,(H,19,20). The van der Waals surface area contributed by atoms with Gasteiger partial charge in [-0.05, 0) is 56.4 Å². The van der Waals surface area contributed by atoms with E-state index in [4.69, 9.17) is 0 Å². The first-order chi connectivity index (χ1) is 9.70. The molecule has 3 nitrogen and oxygen atoms in total. The van der Waals surface area contributed by atoms with Gasteiger partial charge in [0.2, 0.25) is 0 Å². The van der Waals surface area contributed by atoms with Crippen LogP contribution in [0, 0.1) is 12.8 Å². The van der Waals surface area contributed by atoms with Gasteiger partial charge in [-0.25, -0.2) is 0 Å². The fourth-order valence-corrected chi connectivity index (χ4v) is 2.96. The third-order valence-corrected chi connectivity index (χ3v) is 4.13. The molecule has 0 atom stereocenters. The highest BCUT2D eigenvalue weighted by atomic mass is 16.1. The van der Waals surface area contributed by atoms with Crippen LogP contribution in [0.3, 0.4) is 0 Å². The van der Waals surface area contributed by atoms with E-state index in [-0.39, 0.29) is 5.91 Å². The van der Waals surface area contributed by atoms with E-state index in [1.807, 2.05) is 25.1 Å². The Morgan fingerprint density at radius 2 is 2.00 bits per heavy atom. The van der Waals surface area contributed by atoms with Crippen LogP contribution in [-0.2, 0) is 0 Å². The summed E-state index contributed by atoms with van der Waals surface area (Å²) in [6, 6.07) is 5.94. The second-order valence-electron chi connectivity index (χ2n) is 5.77. The van der Waals surface area contributed by atoms with Crippen LogP contribution < -0.4 is 10.6 Å². The minimum absolute atomic E-state index is 0.0659. The molecule has 0 radical (unpaired) electrons. The molecule has 110 valence electrons. The van der Waals surface area contributed by atoms with Crippen LogP contribution in [0.5, 0.6) is 0 Å². The second kappa shape index (κ2) is 7.32. The number of hydrogen-bond acceptors (Lipinski definition) is 2. The van der Waals surface area contributed by atoms with Crippen LogP contribution in [0.1, 0.15) is 54.9 Å². The molecule has 20 heavy (non-hydrogen) atoms. The molecule has 0 saturated heterocycles. The van der Waals surface area contributed by atoms with Gasteiger partial charge in [0.1, 0.15) is 0 Å². The topological polar surface area (TPSA) is 41.1 Å². The van der Waals surface area contributed by atoms with E-state index in [1.165, 1.54) is 32.1 Å². The second-order valence-corrected chi connectivity index (χ2v) is 5.77. The zero-order valence-corrected chi connectivity index (χ0v) is 12.7. The van der Waals surface area contributed by atoms with Gasteiger partial charge in [0.25, 0.3) is 5.91 Å². The molecule has 0 spiro atoms. The van der Waals surface area contributed by atoms with Gasteiger partial charge in [-0.15, -0.1) is 0 Å². The number of benzene rings is 1. The van der Waals surface area contributed by atoms with E-state index in [0.29, 0.717) is 5.92 Å². The summed E-state index contributed by atoms with van der Waals surface area (Å²) < 4.78 is 0. The van der Waals surface area contributed by atoms with Crippen LogP contribution in [0.15, 0.2) is 18.2 Å². The molecule has 0 aromatic heterocycles. The molecule has 1 aliphatic carbocycles. The van der Waals surface area contributed by atoms with Crippen LogP contribution >= 0.6 is 0 Å². The molecule has 0 unspecified atom stereocenters. The summed E-state index contributed by atoms with van der Waals surface area (Å²) in [5.74, 6) is 0.741. The Kier molecular flexibility index (Phi) is 5.45. The molecule has 1 aromatic carbocycles. The highest BCUT2D eigenvalue weighted by Gasteiger charge is 2.15. The third kappa shape index (κ3) is 3.99. The first-order valence-electron chi connectivity index (χ1n) is 7.83. The Labute approximate surface area is 122 Å². The Morgan fingerprint density at radius 1 is 1.25 bits per heavy atom. The lowest BCUT2D eigenvalue weighted by molar-refractivity contribution is 0.0943.